The Morgan fingerprint density at radius 1 is 0.727 bits per heavy atom. The molecule has 0 heterocycles. The number of benzene rings is 4. The minimum Gasteiger partial charge on any atom is -0.354 e. The highest BCUT2D eigenvalue weighted by molar-refractivity contribution is 5.98. The standard InChI is InChI=1S/C36H43N5O3/c1-41(33(24-26-11-4-2-5-12-26)35(43)39-20-9-3-8-19-37)36(44)32(40-34(42)31-16-10-13-28(22-31)25-38)23-27-17-18-29-14-6-7-15-30(29)21-27/h2,4-7,10-18,21-22,32-33H,3,8-9,19-20,23-25,37-38H2,1H3,(H,39,43)(H,40,42). The average Bonchev–Trinajstić information content (AvgIpc) is 3.06. The Labute approximate surface area is 259 Å². The van der Waals surface area contributed by atoms with Gasteiger partial charge in [-0.1, -0.05) is 91.3 Å². The third kappa shape index (κ3) is 8.99. The Bertz CT molecular complexity index is 1540. The van der Waals surface area contributed by atoms with Crippen molar-refractivity contribution in [2.75, 3.05) is 20.1 Å². The van der Waals surface area contributed by atoms with E-state index in [-0.39, 0.29) is 24.1 Å². The minimum absolute atomic E-state index is 0.233. The monoisotopic (exact) mass is 593 g/mol. The first kappa shape index (κ1) is 32.4. The predicted molar refractivity (Wildman–Crippen MR) is 176 cm³/mol. The van der Waals surface area contributed by atoms with Crippen LogP contribution in [-0.2, 0) is 29.0 Å². The van der Waals surface area contributed by atoms with Crippen molar-refractivity contribution in [1.82, 2.24) is 15.5 Å². The van der Waals surface area contributed by atoms with Crippen molar-refractivity contribution >= 4 is 28.5 Å². The fourth-order valence-corrected chi connectivity index (χ4v) is 5.30. The van der Waals surface area contributed by atoms with Crippen molar-refractivity contribution in [2.45, 2.75) is 50.7 Å². The number of carbonyl (C=O) groups is 3. The lowest BCUT2D eigenvalue weighted by Gasteiger charge is -2.31. The van der Waals surface area contributed by atoms with Crippen LogP contribution in [0.2, 0.25) is 0 Å². The van der Waals surface area contributed by atoms with E-state index in [1.54, 1.807) is 25.2 Å². The van der Waals surface area contributed by atoms with Gasteiger partial charge in [0.2, 0.25) is 11.8 Å². The summed E-state index contributed by atoms with van der Waals surface area (Å²) in [5, 5.41) is 8.12. The summed E-state index contributed by atoms with van der Waals surface area (Å²) in [6.45, 7) is 1.41. The molecule has 0 saturated carbocycles. The third-order valence-corrected chi connectivity index (χ3v) is 7.85. The molecule has 0 aliphatic carbocycles. The summed E-state index contributed by atoms with van der Waals surface area (Å²) in [5.74, 6) is -0.957. The number of unbranched alkanes of at least 4 members (excludes halogenated alkanes) is 2. The second-order valence-electron chi connectivity index (χ2n) is 11.1. The van der Waals surface area contributed by atoms with Crippen LogP contribution in [0.25, 0.3) is 10.8 Å². The quantitative estimate of drug-likeness (QED) is 0.155. The lowest BCUT2D eigenvalue weighted by Crippen LogP contribution is -2.55. The van der Waals surface area contributed by atoms with E-state index in [1.807, 2.05) is 78.9 Å². The van der Waals surface area contributed by atoms with Crippen molar-refractivity contribution in [3.8, 4) is 0 Å². The molecule has 6 N–H and O–H groups in total. The second-order valence-corrected chi connectivity index (χ2v) is 11.1. The first-order valence-electron chi connectivity index (χ1n) is 15.3. The number of hydrogen-bond acceptors (Lipinski definition) is 5. The van der Waals surface area contributed by atoms with Crippen LogP contribution in [0.1, 0.15) is 46.3 Å². The number of carbonyl (C=O) groups excluding carboxylic acids is 3. The molecule has 3 amide bonds. The molecule has 2 atom stereocenters. The van der Waals surface area contributed by atoms with E-state index >= 15 is 0 Å². The van der Waals surface area contributed by atoms with Crippen LogP contribution in [0.4, 0.5) is 0 Å². The highest BCUT2D eigenvalue weighted by atomic mass is 16.2. The van der Waals surface area contributed by atoms with Gasteiger partial charge in [0.05, 0.1) is 0 Å². The number of rotatable bonds is 15. The zero-order valence-electron chi connectivity index (χ0n) is 25.4. The van der Waals surface area contributed by atoms with E-state index in [1.165, 1.54) is 4.90 Å². The molecule has 44 heavy (non-hydrogen) atoms. The Morgan fingerprint density at radius 3 is 2.20 bits per heavy atom. The van der Waals surface area contributed by atoms with E-state index in [4.69, 9.17) is 11.5 Å². The summed E-state index contributed by atoms with van der Waals surface area (Å²) in [5.41, 5.74) is 14.5. The maximum atomic E-state index is 14.2. The second kappa shape index (κ2) is 16.4. The van der Waals surface area contributed by atoms with Crippen LogP contribution in [-0.4, -0.2) is 54.8 Å². The first-order valence-corrected chi connectivity index (χ1v) is 15.3. The van der Waals surface area contributed by atoms with E-state index < -0.39 is 12.1 Å². The van der Waals surface area contributed by atoms with Crippen LogP contribution < -0.4 is 22.1 Å². The molecule has 0 bridgehead atoms. The molecule has 0 aromatic heterocycles. The Kier molecular flexibility index (Phi) is 12.0. The molecule has 4 aromatic carbocycles. The molecule has 0 radical (unpaired) electrons. The molecule has 0 saturated heterocycles. The van der Waals surface area contributed by atoms with Crippen molar-refractivity contribution in [2.24, 2.45) is 11.5 Å². The SMILES string of the molecule is CN(C(=O)C(Cc1ccc2ccccc2c1)NC(=O)c1cccc(CN)c1)C(Cc1ccccc1)C(=O)NCCCCCN. The van der Waals surface area contributed by atoms with Gasteiger partial charge in [-0.05, 0) is 59.0 Å². The molecule has 4 aromatic rings. The first-order chi connectivity index (χ1) is 21.4. The Hall–Kier alpha value is -4.53. The number of hydrogen-bond donors (Lipinski definition) is 4. The fourth-order valence-electron chi connectivity index (χ4n) is 5.30. The van der Waals surface area contributed by atoms with Gasteiger partial charge < -0.3 is 27.0 Å². The number of nitrogens with two attached hydrogens (primary N) is 2. The molecule has 230 valence electrons. The topological polar surface area (TPSA) is 131 Å². The molecule has 0 aliphatic heterocycles. The lowest BCUT2D eigenvalue weighted by molar-refractivity contribution is -0.140. The van der Waals surface area contributed by atoms with Crippen LogP contribution in [0.15, 0.2) is 97.1 Å². The summed E-state index contributed by atoms with van der Waals surface area (Å²) in [7, 11) is 1.64. The summed E-state index contributed by atoms with van der Waals surface area (Å²) in [4.78, 5) is 42.7. The average molecular weight is 594 g/mol. The van der Waals surface area contributed by atoms with Crippen molar-refractivity contribution in [3.05, 3.63) is 119 Å². The maximum absolute atomic E-state index is 14.2. The number of fused-ring (bicyclic) bond motifs is 1. The van der Waals surface area contributed by atoms with Crippen LogP contribution in [0, 0.1) is 0 Å². The summed E-state index contributed by atoms with van der Waals surface area (Å²) in [6.07, 6.45) is 3.22. The Morgan fingerprint density at radius 2 is 1.45 bits per heavy atom. The fraction of sp³-hybridized carbons (Fsp3) is 0.306. The largest absolute Gasteiger partial charge is 0.354 e. The van der Waals surface area contributed by atoms with Gasteiger partial charge in [0.25, 0.3) is 5.91 Å². The van der Waals surface area contributed by atoms with E-state index in [0.29, 0.717) is 31.6 Å². The van der Waals surface area contributed by atoms with Gasteiger partial charge in [-0.15, -0.1) is 0 Å². The van der Waals surface area contributed by atoms with Crippen LogP contribution in [0.5, 0.6) is 0 Å². The third-order valence-electron chi connectivity index (χ3n) is 7.85. The van der Waals surface area contributed by atoms with Gasteiger partial charge in [0.1, 0.15) is 12.1 Å². The van der Waals surface area contributed by atoms with Crippen molar-refractivity contribution < 1.29 is 14.4 Å². The van der Waals surface area contributed by atoms with E-state index in [9.17, 15) is 14.4 Å². The molecule has 0 aliphatic rings. The minimum atomic E-state index is -0.911. The molecular formula is C36H43N5O3. The van der Waals surface area contributed by atoms with Gasteiger partial charge >= 0.3 is 0 Å². The predicted octanol–water partition coefficient (Wildman–Crippen LogP) is 3.95. The van der Waals surface area contributed by atoms with Gasteiger partial charge in [-0.25, -0.2) is 0 Å². The van der Waals surface area contributed by atoms with Gasteiger partial charge in [0, 0.05) is 38.5 Å². The lowest BCUT2D eigenvalue weighted by atomic mass is 9.98. The number of likely N-dealkylation sites (N-methyl/N-ethyl adjacent to an activating group) is 1. The smallest absolute Gasteiger partial charge is 0.251 e. The molecule has 4 rings (SSSR count). The van der Waals surface area contributed by atoms with Gasteiger partial charge in [-0.3, -0.25) is 14.4 Å². The molecule has 8 nitrogen and oxygen atoms in total. The summed E-state index contributed by atoms with van der Waals surface area (Å²) >= 11 is 0. The maximum Gasteiger partial charge on any atom is 0.251 e. The summed E-state index contributed by atoms with van der Waals surface area (Å²) < 4.78 is 0. The molecular weight excluding hydrogens is 550 g/mol. The van der Waals surface area contributed by atoms with E-state index in [2.05, 4.69) is 10.6 Å². The number of amides is 3. The van der Waals surface area contributed by atoms with Gasteiger partial charge in [0.15, 0.2) is 0 Å². The molecule has 8 heteroatoms. The molecule has 0 spiro atoms. The normalized spacial score (nSPS) is 12.3. The zero-order chi connectivity index (χ0) is 31.3. The van der Waals surface area contributed by atoms with E-state index in [0.717, 1.165) is 46.7 Å². The Balaban J connectivity index is 1.61. The van der Waals surface area contributed by atoms with Crippen molar-refractivity contribution in [3.63, 3.8) is 0 Å². The number of nitrogens with one attached hydrogen (secondary N) is 2. The van der Waals surface area contributed by atoms with Crippen LogP contribution >= 0.6 is 0 Å². The molecule has 0 fully saturated rings. The summed E-state index contributed by atoms with van der Waals surface area (Å²) in [6, 6.07) is 29.0. The van der Waals surface area contributed by atoms with Crippen LogP contribution in [0.3, 0.4) is 0 Å². The highest BCUT2D eigenvalue weighted by Gasteiger charge is 2.32. The van der Waals surface area contributed by atoms with Crippen molar-refractivity contribution in [1.29, 1.82) is 0 Å². The highest BCUT2D eigenvalue weighted by Crippen LogP contribution is 2.19. The number of nitrogens with zero attached hydrogens (tertiary/aromatic N) is 1. The molecule has 2 unspecified atom stereocenters. The zero-order valence-corrected chi connectivity index (χ0v) is 25.4. The van der Waals surface area contributed by atoms with Gasteiger partial charge in [-0.2, -0.15) is 0 Å².